The lowest BCUT2D eigenvalue weighted by atomic mass is 10.1. The molecule has 0 unspecified atom stereocenters. The van der Waals surface area contributed by atoms with E-state index in [9.17, 15) is 13.2 Å². The first-order chi connectivity index (χ1) is 10.1. The molecule has 5 nitrogen and oxygen atoms in total. The van der Waals surface area contributed by atoms with Crippen molar-refractivity contribution in [3.63, 3.8) is 0 Å². The van der Waals surface area contributed by atoms with Crippen molar-refractivity contribution in [2.24, 2.45) is 0 Å². The van der Waals surface area contributed by atoms with E-state index in [0.29, 0.717) is 18.1 Å². The van der Waals surface area contributed by atoms with E-state index in [1.807, 2.05) is 0 Å². The molecule has 0 atom stereocenters. The van der Waals surface area contributed by atoms with Crippen LogP contribution in [0, 0.1) is 0 Å². The first kappa shape index (κ1) is 16.2. The standard InChI is InChI=1S/C12H16F3N3O2S/c13-12(14,15)3-5-19-6-7-20-11-10(17-21-18-11)9-2-1-4-16-8-9/h2,16H,1,3-8H2. The summed E-state index contributed by atoms with van der Waals surface area (Å²) in [6.45, 7) is 1.53. The Morgan fingerprint density at radius 1 is 1.24 bits per heavy atom. The maximum atomic E-state index is 11.9. The molecular weight excluding hydrogens is 307 g/mol. The highest BCUT2D eigenvalue weighted by molar-refractivity contribution is 6.99. The summed E-state index contributed by atoms with van der Waals surface area (Å²) < 4.78 is 54.3. The zero-order valence-electron chi connectivity index (χ0n) is 11.3. The van der Waals surface area contributed by atoms with Gasteiger partial charge in [-0.2, -0.15) is 17.5 Å². The van der Waals surface area contributed by atoms with E-state index < -0.39 is 12.6 Å². The van der Waals surface area contributed by atoms with Gasteiger partial charge in [0.2, 0.25) is 0 Å². The highest BCUT2D eigenvalue weighted by atomic mass is 32.1. The Morgan fingerprint density at radius 2 is 2.10 bits per heavy atom. The minimum Gasteiger partial charge on any atom is -0.473 e. The van der Waals surface area contributed by atoms with Crippen LogP contribution >= 0.6 is 11.7 Å². The van der Waals surface area contributed by atoms with Crippen molar-refractivity contribution in [3.05, 3.63) is 11.8 Å². The topological polar surface area (TPSA) is 56.3 Å². The van der Waals surface area contributed by atoms with Gasteiger partial charge >= 0.3 is 6.18 Å². The summed E-state index contributed by atoms with van der Waals surface area (Å²) in [5, 5.41) is 3.23. The van der Waals surface area contributed by atoms with Crippen molar-refractivity contribution in [1.29, 1.82) is 0 Å². The van der Waals surface area contributed by atoms with E-state index in [1.165, 1.54) is 0 Å². The van der Waals surface area contributed by atoms with Gasteiger partial charge in [0, 0.05) is 6.54 Å². The van der Waals surface area contributed by atoms with Crippen LogP contribution < -0.4 is 10.1 Å². The normalized spacial score (nSPS) is 15.9. The molecule has 1 aliphatic heterocycles. The van der Waals surface area contributed by atoms with Crippen molar-refractivity contribution in [2.45, 2.75) is 19.0 Å². The Hall–Kier alpha value is -1.19. The van der Waals surface area contributed by atoms with Gasteiger partial charge in [0.15, 0.2) is 0 Å². The molecule has 2 heterocycles. The third-order valence-electron chi connectivity index (χ3n) is 2.79. The summed E-state index contributed by atoms with van der Waals surface area (Å²) >= 11 is 1.05. The first-order valence-electron chi connectivity index (χ1n) is 6.56. The Morgan fingerprint density at radius 3 is 2.81 bits per heavy atom. The minimum absolute atomic E-state index is 0.0876. The monoisotopic (exact) mass is 323 g/mol. The van der Waals surface area contributed by atoms with Crippen LogP contribution in [0.3, 0.4) is 0 Å². The van der Waals surface area contributed by atoms with Crippen molar-refractivity contribution in [1.82, 2.24) is 14.1 Å². The maximum Gasteiger partial charge on any atom is 0.391 e. The van der Waals surface area contributed by atoms with Crippen molar-refractivity contribution < 1.29 is 22.6 Å². The number of ether oxygens (including phenoxy) is 2. The summed E-state index contributed by atoms with van der Waals surface area (Å²) in [6, 6.07) is 0. The highest BCUT2D eigenvalue weighted by Crippen LogP contribution is 2.25. The molecule has 0 amide bonds. The van der Waals surface area contributed by atoms with Crippen LogP contribution in [0.2, 0.25) is 0 Å². The van der Waals surface area contributed by atoms with Gasteiger partial charge < -0.3 is 14.8 Å². The van der Waals surface area contributed by atoms with E-state index in [1.54, 1.807) is 0 Å². The van der Waals surface area contributed by atoms with E-state index in [0.717, 1.165) is 30.3 Å². The second-order valence-electron chi connectivity index (χ2n) is 4.44. The molecule has 0 aromatic carbocycles. The summed E-state index contributed by atoms with van der Waals surface area (Å²) in [7, 11) is 0. The van der Waals surface area contributed by atoms with Gasteiger partial charge in [-0.25, -0.2) is 0 Å². The van der Waals surface area contributed by atoms with Gasteiger partial charge in [-0.15, -0.1) is 4.37 Å². The van der Waals surface area contributed by atoms with Crippen molar-refractivity contribution >= 4 is 17.3 Å². The Bertz CT molecular complexity index is 477. The van der Waals surface area contributed by atoms with Gasteiger partial charge in [0.05, 0.1) is 31.4 Å². The molecule has 0 spiro atoms. The summed E-state index contributed by atoms with van der Waals surface area (Å²) in [5.74, 6) is 0.411. The molecule has 0 radical (unpaired) electrons. The zero-order chi connectivity index (χ0) is 15.1. The molecule has 118 valence electrons. The van der Waals surface area contributed by atoms with Gasteiger partial charge in [-0.05, 0) is 18.5 Å². The van der Waals surface area contributed by atoms with Crippen LogP contribution in [-0.2, 0) is 4.74 Å². The summed E-state index contributed by atoms with van der Waals surface area (Å²) in [6.07, 6.45) is -2.13. The third-order valence-corrected chi connectivity index (χ3v) is 3.30. The molecule has 1 aromatic rings. The first-order valence-corrected chi connectivity index (χ1v) is 7.29. The third kappa shape index (κ3) is 5.60. The Balaban J connectivity index is 1.72. The number of nitrogens with one attached hydrogen (secondary N) is 1. The number of hydrogen-bond acceptors (Lipinski definition) is 6. The van der Waals surface area contributed by atoms with Gasteiger partial charge in [-0.3, -0.25) is 0 Å². The number of aromatic nitrogens is 2. The zero-order valence-corrected chi connectivity index (χ0v) is 12.1. The molecule has 1 aromatic heterocycles. The van der Waals surface area contributed by atoms with Crippen LogP contribution in [0.25, 0.3) is 5.57 Å². The summed E-state index contributed by atoms with van der Waals surface area (Å²) in [5.41, 5.74) is 1.73. The average molecular weight is 323 g/mol. The van der Waals surface area contributed by atoms with E-state index in [-0.39, 0.29) is 19.8 Å². The number of hydrogen-bond donors (Lipinski definition) is 1. The maximum absolute atomic E-state index is 11.9. The fourth-order valence-corrected chi connectivity index (χ4v) is 2.31. The predicted molar refractivity (Wildman–Crippen MR) is 72.4 cm³/mol. The van der Waals surface area contributed by atoms with Gasteiger partial charge in [0.1, 0.15) is 12.3 Å². The number of halogens is 3. The Labute approximate surface area is 124 Å². The fraction of sp³-hybridized carbons (Fsp3) is 0.667. The molecule has 9 heteroatoms. The molecule has 1 N–H and O–H groups in total. The lowest BCUT2D eigenvalue weighted by Gasteiger charge is -2.13. The SMILES string of the molecule is FC(F)(F)CCOCCOc1nsnc1C1=CCCNC1. The van der Waals surface area contributed by atoms with Crippen molar-refractivity contribution in [2.75, 3.05) is 32.9 Å². The highest BCUT2D eigenvalue weighted by Gasteiger charge is 2.26. The number of rotatable bonds is 7. The second-order valence-corrected chi connectivity index (χ2v) is 4.97. The molecule has 0 aliphatic carbocycles. The molecule has 2 rings (SSSR count). The van der Waals surface area contributed by atoms with E-state index >= 15 is 0 Å². The van der Waals surface area contributed by atoms with Crippen LogP contribution in [0.15, 0.2) is 6.08 Å². The molecule has 0 bridgehead atoms. The number of nitrogens with zero attached hydrogens (tertiary/aromatic N) is 2. The smallest absolute Gasteiger partial charge is 0.391 e. The summed E-state index contributed by atoms with van der Waals surface area (Å²) in [4.78, 5) is 0. The fourth-order valence-electron chi connectivity index (χ4n) is 1.78. The van der Waals surface area contributed by atoms with Crippen LogP contribution in [0.1, 0.15) is 18.5 Å². The quantitative estimate of drug-likeness (QED) is 0.780. The average Bonchev–Trinajstić information content (AvgIpc) is 2.91. The lowest BCUT2D eigenvalue weighted by molar-refractivity contribution is -0.145. The number of alkyl halides is 3. The molecule has 0 fully saturated rings. The molecule has 0 saturated carbocycles. The van der Waals surface area contributed by atoms with Gasteiger partial charge in [0.25, 0.3) is 5.88 Å². The second kappa shape index (κ2) is 7.71. The minimum atomic E-state index is -4.19. The molecule has 0 saturated heterocycles. The van der Waals surface area contributed by atoms with Crippen LogP contribution in [0.4, 0.5) is 13.2 Å². The van der Waals surface area contributed by atoms with Crippen LogP contribution in [-0.4, -0.2) is 47.8 Å². The molecule has 21 heavy (non-hydrogen) atoms. The molecular formula is C12H16F3N3O2S. The lowest BCUT2D eigenvalue weighted by Crippen LogP contribution is -2.22. The predicted octanol–water partition coefficient (Wildman–Crippen LogP) is 2.26. The Kier molecular flexibility index (Phi) is 5.95. The van der Waals surface area contributed by atoms with E-state index in [2.05, 4.69) is 20.1 Å². The van der Waals surface area contributed by atoms with E-state index in [4.69, 9.17) is 9.47 Å². The van der Waals surface area contributed by atoms with Crippen LogP contribution in [0.5, 0.6) is 5.88 Å². The largest absolute Gasteiger partial charge is 0.473 e. The van der Waals surface area contributed by atoms with Crippen molar-refractivity contribution in [3.8, 4) is 5.88 Å². The van der Waals surface area contributed by atoms with Gasteiger partial charge in [-0.1, -0.05) is 6.08 Å². The molecule has 1 aliphatic rings.